The van der Waals surface area contributed by atoms with E-state index in [4.69, 9.17) is 14.2 Å². The maximum Gasteiger partial charge on any atom is 0.409 e. The number of benzene rings is 1. The molecular formula is C21H20N4O6S. The molecule has 0 saturated carbocycles. The second kappa shape index (κ2) is 9.69. The van der Waals surface area contributed by atoms with Crippen LogP contribution in [-0.4, -0.2) is 58.4 Å². The van der Waals surface area contributed by atoms with Crippen LogP contribution in [0.3, 0.4) is 0 Å². The van der Waals surface area contributed by atoms with E-state index in [9.17, 15) is 14.4 Å². The average Bonchev–Trinajstić information content (AvgIpc) is 3.12. The number of amides is 3. The molecule has 0 unspecified atom stereocenters. The van der Waals surface area contributed by atoms with Crippen molar-refractivity contribution >= 4 is 35.1 Å². The van der Waals surface area contributed by atoms with E-state index in [1.54, 1.807) is 41.3 Å². The minimum absolute atomic E-state index is 0.0662. The lowest BCUT2D eigenvalue weighted by atomic mass is 10.1. The Balaban J connectivity index is 1.34. The van der Waals surface area contributed by atoms with Gasteiger partial charge in [0.2, 0.25) is 11.8 Å². The molecule has 0 aliphatic carbocycles. The van der Waals surface area contributed by atoms with Gasteiger partial charge in [0.25, 0.3) is 11.1 Å². The van der Waals surface area contributed by atoms with Gasteiger partial charge in [0, 0.05) is 25.9 Å². The molecule has 3 heterocycles. The number of piperidine rings is 1. The predicted octanol–water partition coefficient (Wildman–Crippen LogP) is 3.20. The lowest BCUT2D eigenvalue weighted by Crippen LogP contribution is -2.41. The molecule has 2 fully saturated rings. The quantitative estimate of drug-likeness (QED) is 0.676. The van der Waals surface area contributed by atoms with Crippen molar-refractivity contribution in [2.75, 3.05) is 20.2 Å². The summed E-state index contributed by atoms with van der Waals surface area (Å²) in [5, 5.41) is 1.84. The monoisotopic (exact) mass is 456 g/mol. The smallest absolute Gasteiger partial charge is 0.409 e. The first kappa shape index (κ1) is 21.6. The normalized spacial score (nSPS) is 17.9. The van der Waals surface area contributed by atoms with Crippen LogP contribution in [0.4, 0.5) is 9.59 Å². The number of nitrogens with zero attached hydrogens (tertiary/aromatic N) is 3. The van der Waals surface area contributed by atoms with Crippen LogP contribution in [0.1, 0.15) is 18.4 Å². The summed E-state index contributed by atoms with van der Waals surface area (Å²) in [5.74, 6) is 0.860. The molecule has 3 amide bonds. The number of nitrogens with one attached hydrogen (secondary N) is 1. The molecule has 11 heteroatoms. The molecule has 0 bridgehead atoms. The van der Waals surface area contributed by atoms with Crippen molar-refractivity contribution in [1.82, 2.24) is 20.2 Å². The minimum Gasteiger partial charge on any atom is -0.474 e. The Morgan fingerprint density at radius 3 is 2.53 bits per heavy atom. The number of hydrogen-bond acceptors (Lipinski definition) is 9. The fraction of sp³-hybridized carbons (Fsp3) is 0.286. The summed E-state index contributed by atoms with van der Waals surface area (Å²) in [5.41, 5.74) is 0.759. The number of rotatable bonds is 5. The number of likely N-dealkylation sites (tertiary alicyclic amines) is 1. The molecule has 2 aromatic rings. The van der Waals surface area contributed by atoms with Gasteiger partial charge in [0.1, 0.15) is 18.2 Å². The van der Waals surface area contributed by atoms with Gasteiger partial charge >= 0.3 is 6.09 Å². The minimum atomic E-state index is -0.398. The second-order valence-corrected chi connectivity index (χ2v) is 8.01. The Bertz CT molecular complexity index is 1050. The number of thioether (sulfide) groups is 1. The molecule has 4 rings (SSSR count). The fourth-order valence-corrected chi connectivity index (χ4v) is 3.91. The predicted molar refractivity (Wildman–Crippen MR) is 115 cm³/mol. The molecule has 166 valence electrons. The number of ether oxygens (including phenoxy) is 3. The van der Waals surface area contributed by atoms with Crippen molar-refractivity contribution in [1.29, 1.82) is 0 Å². The first-order valence-electron chi connectivity index (χ1n) is 9.84. The van der Waals surface area contributed by atoms with Crippen LogP contribution in [-0.2, 0) is 9.53 Å². The highest BCUT2D eigenvalue weighted by molar-refractivity contribution is 8.18. The second-order valence-electron chi connectivity index (χ2n) is 6.99. The number of carbonyl (C=O) groups excluding carboxylic acids is 3. The number of aromatic nitrogens is 2. The third-order valence-electron chi connectivity index (χ3n) is 4.82. The van der Waals surface area contributed by atoms with Crippen molar-refractivity contribution < 1.29 is 28.6 Å². The topological polar surface area (TPSA) is 120 Å². The summed E-state index contributed by atoms with van der Waals surface area (Å²) in [7, 11) is 1.37. The third-order valence-corrected chi connectivity index (χ3v) is 5.63. The van der Waals surface area contributed by atoms with E-state index in [1.807, 2.05) is 0 Å². The Morgan fingerprint density at radius 1 is 1.16 bits per heavy atom. The van der Waals surface area contributed by atoms with E-state index < -0.39 is 5.91 Å². The van der Waals surface area contributed by atoms with Crippen LogP contribution < -0.4 is 14.8 Å². The lowest BCUT2D eigenvalue weighted by Gasteiger charge is -2.30. The Labute approximate surface area is 187 Å². The fourth-order valence-electron chi connectivity index (χ4n) is 3.22. The molecule has 0 spiro atoms. The molecule has 0 radical (unpaired) electrons. The van der Waals surface area contributed by atoms with E-state index in [2.05, 4.69) is 15.3 Å². The summed E-state index contributed by atoms with van der Waals surface area (Å²) in [6, 6.07) is 8.61. The highest BCUT2D eigenvalue weighted by Gasteiger charge is 2.25. The number of hydrogen-bond donors (Lipinski definition) is 1. The van der Waals surface area contributed by atoms with Crippen molar-refractivity contribution in [3.05, 3.63) is 47.1 Å². The van der Waals surface area contributed by atoms with Crippen LogP contribution in [0.25, 0.3) is 6.08 Å². The van der Waals surface area contributed by atoms with Gasteiger partial charge in [-0.2, -0.15) is 0 Å². The summed E-state index contributed by atoms with van der Waals surface area (Å²) in [4.78, 5) is 44.7. The SMILES string of the molecule is COC(=O)N1CCC(Oc2cc(Oc3ccc(C=C4SC(=O)NC4=O)cc3)ncn2)CC1. The Kier molecular flexibility index (Phi) is 6.55. The zero-order valence-corrected chi connectivity index (χ0v) is 18.0. The largest absolute Gasteiger partial charge is 0.474 e. The zero-order valence-electron chi connectivity index (χ0n) is 17.1. The van der Waals surface area contributed by atoms with Crippen LogP contribution in [0, 0.1) is 0 Å². The van der Waals surface area contributed by atoms with Crippen LogP contribution in [0.15, 0.2) is 41.6 Å². The molecule has 2 aliphatic rings. The molecule has 1 aromatic carbocycles. The zero-order chi connectivity index (χ0) is 22.5. The number of imide groups is 1. The summed E-state index contributed by atoms with van der Waals surface area (Å²) in [6.45, 7) is 1.12. The van der Waals surface area contributed by atoms with Crippen molar-refractivity contribution in [2.24, 2.45) is 0 Å². The molecular weight excluding hydrogens is 436 g/mol. The molecule has 2 aliphatic heterocycles. The Morgan fingerprint density at radius 2 is 1.88 bits per heavy atom. The highest BCUT2D eigenvalue weighted by Crippen LogP contribution is 2.27. The van der Waals surface area contributed by atoms with E-state index >= 15 is 0 Å². The van der Waals surface area contributed by atoms with Gasteiger partial charge in [-0.05, 0) is 35.5 Å². The van der Waals surface area contributed by atoms with Gasteiger partial charge in [0.15, 0.2) is 0 Å². The standard InChI is InChI=1S/C21H20N4O6S/c1-29-21(28)25-8-6-15(7-9-25)31-18-11-17(22-12-23-18)30-14-4-2-13(3-5-14)10-16-19(26)24-20(27)32-16/h2-5,10-12,15H,6-9H2,1H3,(H,24,26,27). The van der Waals surface area contributed by atoms with E-state index in [0.29, 0.717) is 48.3 Å². The lowest BCUT2D eigenvalue weighted by molar-refractivity contribution is -0.115. The van der Waals surface area contributed by atoms with Crippen molar-refractivity contribution in [3.8, 4) is 17.5 Å². The van der Waals surface area contributed by atoms with Gasteiger partial charge in [-0.25, -0.2) is 14.8 Å². The van der Waals surface area contributed by atoms with Crippen molar-refractivity contribution in [3.63, 3.8) is 0 Å². The third kappa shape index (κ3) is 5.35. The Hall–Kier alpha value is -3.60. The van der Waals surface area contributed by atoms with Gasteiger partial charge in [-0.3, -0.25) is 14.9 Å². The van der Waals surface area contributed by atoms with E-state index in [-0.39, 0.29) is 17.4 Å². The number of carbonyl (C=O) groups is 3. The van der Waals surface area contributed by atoms with E-state index in [0.717, 1.165) is 17.3 Å². The van der Waals surface area contributed by atoms with Gasteiger partial charge in [-0.15, -0.1) is 0 Å². The summed E-state index contributed by atoms with van der Waals surface area (Å²) in [6.07, 6.45) is 3.95. The summed E-state index contributed by atoms with van der Waals surface area (Å²) >= 11 is 0.868. The first-order valence-corrected chi connectivity index (χ1v) is 10.7. The maximum absolute atomic E-state index is 11.6. The molecule has 1 N–H and O–H groups in total. The number of methoxy groups -OCH3 is 1. The van der Waals surface area contributed by atoms with Crippen LogP contribution >= 0.6 is 11.8 Å². The molecule has 2 saturated heterocycles. The molecule has 10 nitrogen and oxygen atoms in total. The molecule has 1 aromatic heterocycles. The average molecular weight is 456 g/mol. The molecule has 0 atom stereocenters. The molecule has 32 heavy (non-hydrogen) atoms. The first-order chi connectivity index (χ1) is 15.5. The van der Waals surface area contributed by atoms with E-state index in [1.165, 1.54) is 13.4 Å². The van der Waals surface area contributed by atoms with Crippen LogP contribution in [0.2, 0.25) is 0 Å². The highest BCUT2D eigenvalue weighted by atomic mass is 32.2. The van der Waals surface area contributed by atoms with Crippen LogP contribution in [0.5, 0.6) is 17.5 Å². The van der Waals surface area contributed by atoms with Gasteiger partial charge < -0.3 is 19.1 Å². The van der Waals surface area contributed by atoms with Gasteiger partial charge in [0.05, 0.1) is 18.1 Å². The van der Waals surface area contributed by atoms with Gasteiger partial charge in [-0.1, -0.05) is 12.1 Å². The van der Waals surface area contributed by atoms with Crippen molar-refractivity contribution in [2.45, 2.75) is 18.9 Å². The maximum atomic E-state index is 11.6. The summed E-state index contributed by atoms with van der Waals surface area (Å²) < 4.78 is 16.4.